The monoisotopic (exact) mass is 289 g/mol. The van der Waals surface area contributed by atoms with Gasteiger partial charge < -0.3 is 10.4 Å². The van der Waals surface area contributed by atoms with Gasteiger partial charge in [0.2, 0.25) is 0 Å². The van der Waals surface area contributed by atoms with Gasteiger partial charge in [-0.1, -0.05) is 53.3 Å². The van der Waals surface area contributed by atoms with Crippen molar-refractivity contribution in [3.63, 3.8) is 0 Å². The standard InChI is InChI=1S/C8H15N.C3H6.2C2H6.CH2O2.CH4/c1-2-3-5-8-6-4-7-9-8;1-3-2;2*1-2;2-1-3;/h2-3,8-9H,4-7H2,1H3;3H,1H2,2H3;2*1-2H3;1H,(H,2,3);1H4/b3-2-;;;;;. The third-order valence-corrected chi connectivity index (χ3v) is 1.82. The van der Waals surface area contributed by atoms with E-state index in [4.69, 9.17) is 9.90 Å². The van der Waals surface area contributed by atoms with Crippen LogP contribution in [0.4, 0.5) is 0 Å². The SMILES string of the molecule is C.C/C=C\CC1CCCN1.C=CC.CC.CC.O=CO. The minimum atomic E-state index is -0.250. The van der Waals surface area contributed by atoms with Gasteiger partial charge in [-0.05, 0) is 39.7 Å². The Hall–Kier alpha value is -1.09. The fourth-order valence-corrected chi connectivity index (χ4v) is 1.26. The first-order valence-corrected chi connectivity index (χ1v) is 7.26. The Morgan fingerprint density at radius 3 is 1.90 bits per heavy atom. The van der Waals surface area contributed by atoms with Gasteiger partial charge in [-0.2, -0.15) is 0 Å². The highest BCUT2D eigenvalue weighted by Gasteiger charge is 2.10. The maximum absolute atomic E-state index is 8.36. The maximum Gasteiger partial charge on any atom is 0.290 e. The Labute approximate surface area is 128 Å². The highest BCUT2D eigenvalue weighted by atomic mass is 16.3. The summed E-state index contributed by atoms with van der Waals surface area (Å²) >= 11 is 0. The molecule has 124 valence electrons. The molecule has 0 radical (unpaired) electrons. The molecule has 1 aliphatic heterocycles. The average molecular weight is 290 g/mol. The number of carbonyl (C=O) groups is 1. The molecular formula is C17H39NO2. The molecule has 0 aliphatic carbocycles. The number of allylic oxidation sites excluding steroid dienone is 2. The van der Waals surface area contributed by atoms with Crippen LogP contribution in [0.5, 0.6) is 0 Å². The van der Waals surface area contributed by atoms with Crippen LogP contribution in [-0.4, -0.2) is 24.2 Å². The van der Waals surface area contributed by atoms with Crippen LogP contribution in [-0.2, 0) is 4.79 Å². The van der Waals surface area contributed by atoms with Crippen LogP contribution in [0.2, 0.25) is 0 Å². The van der Waals surface area contributed by atoms with Crippen LogP contribution in [0.15, 0.2) is 24.8 Å². The molecule has 0 aromatic carbocycles. The molecule has 0 aromatic rings. The lowest BCUT2D eigenvalue weighted by Crippen LogP contribution is -2.19. The Kier molecular flexibility index (Phi) is 67.4. The fraction of sp³-hybridized carbons (Fsp3) is 0.706. The van der Waals surface area contributed by atoms with E-state index in [2.05, 4.69) is 31.0 Å². The van der Waals surface area contributed by atoms with E-state index in [1.54, 1.807) is 6.08 Å². The smallest absolute Gasteiger partial charge is 0.290 e. The van der Waals surface area contributed by atoms with Crippen LogP contribution in [0.3, 0.4) is 0 Å². The van der Waals surface area contributed by atoms with Crippen molar-refractivity contribution < 1.29 is 9.90 Å². The second-order valence-corrected chi connectivity index (χ2v) is 3.11. The van der Waals surface area contributed by atoms with Crippen LogP contribution in [0.25, 0.3) is 0 Å². The van der Waals surface area contributed by atoms with Crippen molar-refractivity contribution in [1.82, 2.24) is 5.32 Å². The van der Waals surface area contributed by atoms with Crippen LogP contribution >= 0.6 is 0 Å². The van der Waals surface area contributed by atoms with E-state index < -0.39 is 0 Å². The number of hydrogen-bond donors (Lipinski definition) is 2. The predicted octanol–water partition coefficient (Wildman–Crippen LogP) is 5.29. The molecule has 0 bridgehead atoms. The molecule has 1 atom stereocenters. The molecule has 1 unspecified atom stereocenters. The normalized spacial score (nSPS) is 14.4. The van der Waals surface area contributed by atoms with Gasteiger partial charge in [-0.15, -0.1) is 6.58 Å². The number of carboxylic acid groups (broad SMARTS) is 1. The minimum absolute atomic E-state index is 0. The van der Waals surface area contributed by atoms with Crippen molar-refractivity contribution in [3.8, 4) is 0 Å². The summed E-state index contributed by atoms with van der Waals surface area (Å²) in [6.07, 6.45) is 10.1. The summed E-state index contributed by atoms with van der Waals surface area (Å²) in [6, 6.07) is 0.779. The first-order valence-electron chi connectivity index (χ1n) is 7.26. The van der Waals surface area contributed by atoms with Crippen molar-refractivity contribution in [1.29, 1.82) is 0 Å². The van der Waals surface area contributed by atoms with Gasteiger partial charge in [-0.3, -0.25) is 4.79 Å². The highest BCUT2D eigenvalue weighted by molar-refractivity contribution is 5.32. The topological polar surface area (TPSA) is 49.3 Å². The molecular weight excluding hydrogens is 250 g/mol. The van der Waals surface area contributed by atoms with Gasteiger partial charge in [0, 0.05) is 6.04 Å². The van der Waals surface area contributed by atoms with E-state index in [-0.39, 0.29) is 13.9 Å². The second-order valence-electron chi connectivity index (χ2n) is 3.11. The first-order chi connectivity index (χ1) is 9.26. The van der Waals surface area contributed by atoms with Gasteiger partial charge in [0.15, 0.2) is 0 Å². The van der Waals surface area contributed by atoms with Gasteiger partial charge >= 0.3 is 0 Å². The minimum Gasteiger partial charge on any atom is -0.483 e. The van der Waals surface area contributed by atoms with E-state index in [9.17, 15) is 0 Å². The summed E-state index contributed by atoms with van der Waals surface area (Å²) in [7, 11) is 0. The van der Waals surface area contributed by atoms with Crippen molar-refractivity contribution in [2.45, 2.75) is 74.3 Å². The van der Waals surface area contributed by atoms with E-state index in [0.717, 1.165) is 6.04 Å². The molecule has 0 saturated carbocycles. The van der Waals surface area contributed by atoms with Gasteiger partial charge in [0.05, 0.1) is 0 Å². The lowest BCUT2D eigenvalue weighted by atomic mass is 10.1. The zero-order chi connectivity index (χ0) is 15.9. The molecule has 3 heteroatoms. The maximum atomic E-state index is 8.36. The summed E-state index contributed by atoms with van der Waals surface area (Å²) in [5.74, 6) is 0. The zero-order valence-corrected chi connectivity index (χ0v) is 13.8. The summed E-state index contributed by atoms with van der Waals surface area (Å²) in [4.78, 5) is 8.36. The molecule has 1 aliphatic rings. The Morgan fingerprint density at radius 2 is 1.65 bits per heavy atom. The van der Waals surface area contributed by atoms with E-state index in [1.807, 2.05) is 34.6 Å². The average Bonchev–Trinajstić information content (AvgIpc) is 2.96. The van der Waals surface area contributed by atoms with E-state index in [1.165, 1.54) is 25.8 Å². The Bertz CT molecular complexity index is 156. The predicted molar refractivity (Wildman–Crippen MR) is 94.4 cm³/mol. The van der Waals surface area contributed by atoms with Gasteiger partial charge in [0.25, 0.3) is 6.47 Å². The van der Waals surface area contributed by atoms with E-state index >= 15 is 0 Å². The highest BCUT2D eigenvalue weighted by Crippen LogP contribution is 2.08. The third kappa shape index (κ3) is 43.6. The summed E-state index contributed by atoms with van der Waals surface area (Å²) in [6.45, 7) is 16.3. The summed E-state index contributed by atoms with van der Waals surface area (Å²) < 4.78 is 0. The molecule has 1 heterocycles. The van der Waals surface area contributed by atoms with Crippen molar-refractivity contribution in [2.75, 3.05) is 6.54 Å². The number of hydrogen-bond acceptors (Lipinski definition) is 2. The van der Waals surface area contributed by atoms with Crippen molar-refractivity contribution >= 4 is 6.47 Å². The lowest BCUT2D eigenvalue weighted by Gasteiger charge is -2.03. The summed E-state index contributed by atoms with van der Waals surface area (Å²) in [5, 5.41) is 10.3. The van der Waals surface area contributed by atoms with Crippen molar-refractivity contribution in [2.24, 2.45) is 0 Å². The number of nitrogens with one attached hydrogen (secondary N) is 1. The van der Waals surface area contributed by atoms with Crippen LogP contribution in [0, 0.1) is 0 Å². The molecule has 1 fully saturated rings. The van der Waals surface area contributed by atoms with Crippen LogP contribution < -0.4 is 5.32 Å². The quantitative estimate of drug-likeness (QED) is 0.536. The van der Waals surface area contributed by atoms with Crippen molar-refractivity contribution in [3.05, 3.63) is 24.8 Å². The van der Waals surface area contributed by atoms with E-state index in [0.29, 0.717) is 0 Å². The van der Waals surface area contributed by atoms with Crippen LogP contribution in [0.1, 0.15) is 68.2 Å². The molecule has 0 aromatic heterocycles. The van der Waals surface area contributed by atoms with Gasteiger partial charge in [-0.25, -0.2) is 0 Å². The van der Waals surface area contributed by atoms with Gasteiger partial charge in [0.1, 0.15) is 0 Å². The first kappa shape index (κ1) is 31.3. The fourth-order valence-electron chi connectivity index (χ4n) is 1.26. The molecule has 2 N–H and O–H groups in total. The zero-order valence-electron chi connectivity index (χ0n) is 13.8. The summed E-state index contributed by atoms with van der Waals surface area (Å²) in [5.41, 5.74) is 0. The molecule has 20 heavy (non-hydrogen) atoms. The third-order valence-electron chi connectivity index (χ3n) is 1.82. The Balaban J connectivity index is -0.0000000582. The molecule has 1 rings (SSSR count). The molecule has 0 amide bonds. The second kappa shape index (κ2) is 43.0. The Morgan fingerprint density at radius 1 is 1.25 bits per heavy atom. The molecule has 0 spiro atoms. The molecule has 3 nitrogen and oxygen atoms in total. The number of rotatable bonds is 2. The lowest BCUT2D eigenvalue weighted by molar-refractivity contribution is -0.122. The largest absolute Gasteiger partial charge is 0.483 e. The molecule has 1 saturated heterocycles.